The minimum absolute atomic E-state index is 0. The number of nitrogens with one attached hydrogen (secondary N) is 2. The van der Waals surface area contributed by atoms with E-state index in [1.807, 2.05) is 48.6 Å². The first-order valence-electron chi connectivity index (χ1n) is 7.85. The summed E-state index contributed by atoms with van der Waals surface area (Å²) in [6.45, 7) is 0. The third-order valence-electron chi connectivity index (χ3n) is 4.04. The van der Waals surface area contributed by atoms with Crippen molar-refractivity contribution in [2.75, 3.05) is 0 Å². The molecule has 0 atom stereocenters. The Balaban J connectivity index is 0.00000157. The smallest absolute Gasteiger partial charge is 0.0658 e. The molecule has 0 unspecified atom stereocenters. The fourth-order valence-electron chi connectivity index (χ4n) is 2.94. The van der Waals surface area contributed by atoms with Crippen LogP contribution in [0, 0.1) is 0 Å². The standard InChI is InChI=1S/C20H14N4.CH4/c1-2-14-10-16-5-6-18(23-16)12-20-8-7-19(24-20)11-17-4-3-15(22-17)9-13(1)21-14;/h1-12,21,24H;1H4. The van der Waals surface area contributed by atoms with E-state index in [0.717, 1.165) is 44.8 Å². The minimum atomic E-state index is 0. The van der Waals surface area contributed by atoms with Gasteiger partial charge in [-0.2, -0.15) is 0 Å². The van der Waals surface area contributed by atoms with Gasteiger partial charge in [0.05, 0.1) is 22.8 Å². The second-order valence-corrected chi connectivity index (χ2v) is 5.91. The van der Waals surface area contributed by atoms with E-state index in [2.05, 4.69) is 44.2 Å². The summed E-state index contributed by atoms with van der Waals surface area (Å²) in [7, 11) is 0. The molecule has 3 aromatic heterocycles. The van der Waals surface area contributed by atoms with Crippen molar-refractivity contribution < 1.29 is 0 Å². The fourth-order valence-corrected chi connectivity index (χ4v) is 2.94. The lowest BCUT2D eigenvalue weighted by Crippen LogP contribution is -1.75. The summed E-state index contributed by atoms with van der Waals surface area (Å²) in [6.07, 6.45) is 8.09. The molecule has 0 fully saturated rings. The molecule has 2 aliphatic rings. The third-order valence-corrected chi connectivity index (χ3v) is 4.04. The van der Waals surface area contributed by atoms with E-state index in [9.17, 15) is 0 Å². The second-order valence-electron chi connectivity index (χ2n) is 5.91. The highest BCUT2D eigenvalue weighted by atomic mass is 14.8. The summed E-state index contributed by atoms with van der Waals surface area (Å²) in [5.41, 5.74) is 7.86. The Hall–Kier alpha value is -3.40. The van der Waals surface area contributed by atoms with Gasteiger partial charge in [-0.1, -0.05) is 7.43 Å². The molecular weight excluding hydrogens is 308 g/mol. The summed E-state index contributed by atoms with van der Waals surface area (Å²) >= 11 is 0. The molecule has 122 valence electrons. The van der Waals surface area contributed by atoms with Gasteiger partial charge in [0.2, 0.25) is 0 Å². The van der Waals surface area contributed by atoms with Crippen LogP contribution in [-0.4, -0.2) is 19.9 Å². The number of aromatic nitrogens is 4. The summed E-state index contributed by atoms with van der Waals surface area (Å²) in [4.78, 5) is 16.0. The van der Waals surface area contributed by atoms with Crippen LogP contribution in [0.1, 0.15) is 30.2 Å². The van der Waals surface area contributed by atoms with Gasteiger partial charge in [-0.05, 0) is 72.8 Å². The highest BCUT2D eigenvalue weighted by molar-refractivity contribution is 5.77. The van der Waals surface area contributed by atoms with Crippen molar-refractivity contribution in [3.8, 4) is 0 Å². The van der Waals surface area contributed by atoms with E-state index < -0.39 is 0 Å². The molecule has 0 aromatic carbocycles. The van der Waals surface area contributed by atoms with Crippen LogP contribution >= 0.6 is 0 Å². The molecule has 0 spiro atoms. The number of fused-ring (bicyclic) bond motifs is 8. The molecule has 25 heavy (non-hydrogen) atoms. The number of hydrogen-bond acceptors (Lipinski definition) is 2. The largest absolute Gasteiger partial charge is 0.355 e. The molecule has 3 aromatic rings. The summed E-state index contributed by atoms with van der Waals surface area (Å²) in [5, 5.41) is 0. The number of aromatic amines is 2. The summed E-state index contributed by atoms with van der Waals surface area (Å²) in [6, 6.07) is 16.4. The fraction of sp³-hybridized carbons (Fsp3) is 0.0476. The van der Waals surface area contributed by atoms with Crippen LogP contribution in [0.15, 0.2) is 48.5 Å². The van der Waals surface area contributed by atoms with Gasteiger partial charge in [0.15, 0.2) is 0 Å². The molecule has 0 amide bonds. The second kappa shape index (κ2) is 5.91. The van der Waals surface area contributed by atoms with Crippen LogP contribution in [-0.2, 0) is 0 Å². The predicted octanol–water partition coefficient (Wildman–Crippen LogP) is 5.29. The molecule has 0 aliphatic carbocycles. The van der Waals surface area contributed by atoms with Crippen molar-refractivity contribution in [2.24, 2.45) is 0 Å². The zero-order valence-electron chi connectivity index (χ0n) is 12.8. The lowest BCUT2D eigenvalue weighted by atomic mass is 10.3. The van der Waals surface area contributed by atoms with E-state index in [1.165, 1.54) is 0 Å². The SMILES string of the molecule is C.C1=Cc2cc3ccc(cc4nc(cc5ccc(cc1n2)[nH]5)C=C4)[nH]3. The molecule has 4 heteroatoms. The first-order chi connectivity index (χ1) is 11.8. The van der Waals surface area contributed by atoms with Gasteiger partial charge in [-0.15, -0.1) is 0 Å². The van der Waals surface area contributed by atoms with Crippen LogP contribution in [0.4, 0.5) is 0 Å². The number of rotatable bonds is 0. The van der Waals surface area contributed by atoms with Crippen molar-refractivity contribution in [3.05, 3.63) is 71.3 Å². The molecule has 4 nitrogen and oxygen atoms in total. The lowest BCUT2D eigenvalue weighted by molar-refractivity contribution is 1.31. The van der Waals surface area contributed by atoms with Gasteiger partial charge in [-0.3, -0.25) is 0 Å². The number of H-pyrrole nitrogens is 2. The zero-order valence-corrected chi connectivity index (χ0v) is 12.8. The van der Waals surface area contributed by atoms with Crippen LogP contribution < -0.4 is 0 Å². The van der Waals surface area contributed by atoms with Crippen LogP contribution in [0.3, 0.4) is 0 Å². The Bertz CT molecular complexity index is 984. The quantitative estimate of drug-likeness (QED) is 0.406. The van der Waals surface area contributed by atoms with Gasteiger partial charge >= 0.3 is 0 Å². The number of nitrogens with zero attached hydrogens (tertiary/aromatic N) is 2. The van der Waals surface area contributed by atoms with Crippen LogP contribution in [0.5, 0.6) is 0 Å². The first kappa shape index (κ1) is 15.1. The predicted molar refractivity (Wildman–Crippen MR) is 106 cm³/mol. The maximum Gasteiger partial charge on any atom is 0.0658 e. The topological polar surface area (TPSA) is 57.4 Å². The van der Waals surface area contributed by atoms with Crippen molar-refractivity contribution in [3.63, 3.8) is 0 Å². The monoisotopic (exact) mass is 326 g/mol. The highest BCUT2D eigenvalue weighted by Crippen LogP contribution is 2.16. The molecule has 0 saturated carbocycles. The maximum absolute atomic E-state index is 4.63. The van der Waals surface area contributed by atoms with Crippen molar-refractivity contribution in [1.29, 1.82) is 0 Å². The lowest BCUT2D eigenvalue weighted by Gasteiger charge is -1.85. The normalized spacial score (nSPS) is 12.2. The van der Waals surface area contributed by atoms with Gasteiger partial charge in [-0.25, -0.2) is 9.97 Å². The molecule has 5 heterocycles. The first-order valence-corrected chi connectivity index (χ1v) is 7.85. The van der Waals surface area contributed by atoms with Gasteiger partial charge in [0, 0.05) is 22.1 Å². The Morgan fingerprint density at radius 2 is 0.760 bits per heavy atom. The average Bonchev–Trinajstić information content (AvgIpc) is 3.32. The maximum atomic E-state index is 4.63. The van der Waals surface area contributed by atoms with E-state index in [1.54, 1.807) is 0 Å². The molecule has 0 saturated heterocycles. The Morgan fingerprint density at radius 1 is 0.480 bits per heavy atom. The van der Waals surface area contributed by atoms with E-state index in [0.29, 0.717) is 0 Å². The van der Waals surface area contributed by atoms with E-state index in [4.69, 9.17) is 0 Å². The Morgan fingerprint density at radius 3 is 1.04 bits per heavy atom. The molecular formula is C21H18N4. The Kier molecular flexibility index (Phi) is 3.58. The molecule has 5 rings (SSSR count). The highest BCUT2D eigenvalue weighted by Gasteiger charge is 2.00. The summed E-state index contributed by atoms with van der Waals surface area (Å²) in [5.74, 6) is 0. The van der Waals surface area contributed by atoms with E-state index in [-0.39, 0.29) is 7.43 Å². The van der Waals surface area contributed by atoms with Gasteiger partial charge < -0.3 is 9.97 Å². The molecule has 2 N–H and O–H groups in total. The van der Waals surface area contributed by atoms with Gasteiger partial charge in [0.25, 0.3) is 0 Å². The third kappa shape index (κ3) is 3.02. The molecule has 2 aliphatic heterocycles. The zero-order chi connectivity index (χ0) is 15.9. The van der Waals surface area contributed by atoms with Crippen molar-refractivity contribution >= 4 is 46.4 Å². The minimum Gasteiger partial charge on any atom is -0.355 e. The Labute approximate surface area is 145 Å². The van der Waals surface area contributed by atoms with Crippen molar-refractivity contribution in [2.45, 2.75) is 7.43 Å². The molecule has 8 bridgehead atoms. The number of hydrogen-bond donors (Lipinski definition) is 2. The van der Waals surface area contributed by atoms with Crippen LogP contribution in [0.25, 0.3) is 46.4 Å². The average molecular weight is 326 g/mol. The molecule has 0 radical (unpaired) electrons. The summed E-state index contributed by atoms with van der Waals surface area (Å²) < 4.78 is 0. The van der Waals surface area contributed by atoms with Gasteiger partial charge in [0.1, 0.15) is 0 Å². The van der Waals surface area contributed by atoms with Crippen LogP contribution in [0.2, 0.25) is 0 Å². The van der Waals surface area contributed by atoms with E-state index >= 15 is 0 Å². The van der Waals surface area contributed by atoms with Crippen molar-refractivity contribution in [1.82, 2.24) is 19.9 Å².